The van der Waals surface area contributed by atoms with Crippen molar-refractivity contribution in [2.75, 3.05) is 25.7 Å². The molecule has 7 nitrogen and oxygen atoms in total. The summed E-state index contributed by atoms with van der Waals surface area (Å²) in [6, 6.07) is 3.97. The molecule has 0 atom stereocenters. The Labute approximate surface area is 152 Å². The zero-order chi connectivity index (χ0) is 19.1. The first-order chi connectivity index (χ1) is 12.2. The third-order valence-corrected chi connectivity index (χ3v) is 4.27. The van der Waals surface area contributed by atoms with E-state index in [0.717, 1.165) is 22.3 Å². The van der Waals surface area contributed by atoms with E-state index in [4.69, 9.17) is 25.4 Å². The van der Waals surface area contributed by atoms with Crippen LogP contribution in [0, 0.1) is 0 Å². The van der Waals surface area contributed by atoms with Crippen molar-refractivity contribution in [3.8, 4) is 11.5 Å². The number of methoxy groups -OCH3 is 2. The van der Waals surface area contributed by atoms with Gasteiger partial charge < -0.3 is 25.4 Å². The zero-order valence-electron chi connectivity index (χ0n) is 15.7. The minimum absolute atomic E-state index is 0.141. The standard InChI is InChI=1S/C19H24N4O3/c1-19(2,3)14-8-12-10(6-11-9-22-18(21)23-17(11)20)7-13(24-4)16(25-5)15(12)26-14/h7-9H,6H2,1-5H3,(H4,20,21,22,23). The molecule has 3 rings (SSSR count). The number of hydrogen-bond donors (Lipinski definition) is 2. The van der Waals surface area contributed by atoms with E-state index in [2.05, 4.69) is 30.7 Å². The Morgan fingerprint density at radius 3 is 2.38 bits per heavy atom. The number of fused-ring (bicyclic) bond motifs is 1. The number of hydrogen-bond acceptors (Lipinski definition) is 7. The van der Waals surface area contributed by atoms with Gasteiger partial charge in [-0.3, -0.25) is 0 Å². The molecule has 0 spiro atoms. The van der Waals surface area contributed by atoms with Gasteiger partial charge in [0.25, 0.3) is 0 Å². The van der Waals surface area contributed by atoms with Gasteiger partial charge >= 0.3 is 0 Å². The molecular weight excluding hydrogens is 332 g/mol. The fraction of sp³-hybridized carbons (Fsp3) is 0.368. The number of rotatable bonds is 4. The molecule has 0 unspecified atom stereocenters. The van der Waals surface area contributed by atoms with Gasteiger partial charge in [0, 0.05) is 29.0 Å². The molecule has 0 fully saturated rings. The average molecular weight is 356 g/mol. The van der Waals surface area contributed by atoms with Crippen LogP contribution in [0.1, 0.15) is 37.7 Å². The van der Waals surface area contributed by atoms with Gasteiger partial charge in [0.1, 0.15) is 11.6 Å². The van der Waals surface area contributed by atoms with Gasteiger partial charge in [0.2, 0.25) is 11.7 Å². The van der Waals surface area contributed by atoms with Crippen molar-refractivity contribution in [3.05, 3.63) is 35.2 Å². The fourth-order valence-electron chi connectivity index (χ4n) is 2.85. The minimum Gasteiger partial charge on any atom is -0.493 e. The van der Waals surface area contributed by atoms with Crippen molar-refractivity contribution in [3.63, 3.8) is 0 Å². The highest BCUT2D eigenvalue weighted by atomic mass is 16.5. The van der Waals surface area contributed by atoms with E-state index in [9.17, 15) is 0 Å². The first kappa shape index (κ1) is 17.8. The summed E-state index contributed by atoms with van der Waals surface area (Å²) < 4.78 is 17.2. The summed E-state index contributed by atoms with van der Waals surface area (Å²) in [4.78, 5) is 8.08. The molecule has 3 aromatic rings. The van der Waals surface area contributed by atoms with Crippen LogP contribution in [0.2, 0.25) is 0 Å². The van der Waals surface area contributed by atoms with Crippen LogP contribution < -0.4 is 20.9 Å². The normalized spacial score (nSPS) is 11.7. The van der Waals surface area contributed by atoms with E-state index in [0.29, 0.717) is 29.3 Å². The van der Waals surface area contributed by atoms with Crippen molar-refractivity contribution in [1.82, 2.24) is 9.97 Å². The number of aromatic nitrogens is 2. The van der Waals surface area contributed by atoms with Gasteiger partial charge in [-0.25, -0.2) is 4.98 Å². The third kappa shape index (κ3) is 3.12. The maximum Gasteiger partial charge on any atom is 0.221 e. The van der Waals surface area contributed by atoms with Crippen molar-refractivity contribution < 1.29 is 13.9 Å². The first-order valence-electron chi connectivity index (χ1n) is 8.29. The average Bonchev–Trinajstić information content (AvgIpc) is 3.02. The summed E-state index contributed by atoms with van der Waals surface area (Å²) in [5.41, 5.74) is 13.9. The van der Waals surface area contributed by atoms with Crippen molar-refractivity contribution in [1.29, 1.82) is 0 Å². The van der Waals surface area contributed by atoms with E-state index in [1.165, 1.54) is 0 Å². The Kier molecular flexibility index (Phi) is 4.39. The lowest BCUT2D eigenvalue weighted by Crippen LogP contribution is -2.08. The van der Waals surface area contributed by atoms with E-state index in [1.807, 2.05) is 12.1 Å². The quantitative estimate of drug-likeness (QED) is 0.738. The molecule has 26 heavy (non-hydrogen) atoms. The van der Waals surface area contributed by atoms with Crippen LogP contribution in [-0.4, -0.2) is 24.2 Å². The molecule has 0 saturated carbocycles. The molecule has 138 valence electrons. The predicted octanol–water partition coefficient (Wildman–Crippen LogP) is 3.29. The highest BCUT2D eigenvalue weighted by Gasteiger charge is 2.24. The van der Waals surface area contributed by atoms with E-state index in [1.54, 1.807) is 20.4 Å². The second-order valence-electron chi connectivity index (χ2n) is 7.19. The van der Waals surface area contributed by atoms with Crippen LogP contribution in [-0.2, 0) is 11.8 Å². The van der Waals surface area contributed by atoms with Crippen molar-refractivity contribution in [2.45, 2.75) is 32.6 Å². The number of benzene rings is 1. The van der Waals surface area contributed by atoms with Gasteiger partial charge in [-0.2, -0.15) is 4.98 Å². The zero-order valence-corrected chi connectivity index (χ0v) is 15.7. The van der Waals surface area contributed by atoms with Gasteiger partial charge in [-0.1, -0.05) is 20.8 Å². The Balaban J connectivity index is 2.21. The number of nitrogens with zero attached hydrogens (tertiary/aromatic N) is 2. The van der Waals surface area contributed by atoms with E-state index < -0.39 is 0 Å². The minimum atomic E-state index is -0.141. The van der Waals surface area contributed by atoms with Gasteiger partial charge in [0.05, 0.1) is 14.2 Å². The number of furan rings is 1. The Morgan fingerprint density at radius 1 is 1.08 bits per heavy atom. The highest BCUT2D eigenvalue weighted by molar-refractivity contribution is 5.90. The molecule has 2 heterocycles. The molecule has 0 saturated heterocycles. The molecule has 0 bridgehead atoms. The molecule has 1 aromatic carbocycles. The van der Waals surface area contributed by atoms with E-state index in [-0.39, 0.29) is 11.4 Å². The van der Waals surface area contributed by atoms with Crippen LogP contribution in [0.4, 0.5) is 11.8 Å². The van der Waals surface area contributed by atoms with Crippen LogP contribution in [0.3, 0.4) is 0 Å². The topological polar surface area (TPSA) is 109 Å². The summed E-state index contributed by atoms with van der Waals surface area (Å²) >= 11 is 0. The van der Waals surface area contributed by atoms with Gasteiger partial charge in [-0.15, -0.1) is 0 Å². The molecular formula is C19H24N4O3. The van der Waals surface area contributed by atoms with Crippen LogP contribution in [0.25, 0.3) is 11.0 Å². The van der Waals surface area contributed by atoms with Gasteiger partial charge in [-0.05, 0) is 17.7 Å². The largest absolute Gasteiger partial charge is 0.493 e. The van der Waals surface area contributed by atoms with Crippen LogP contribution >= 0.6 is 0 Å². The molecule has 4 N–H and O–H groups in total. The Hall–Kier alpha value is -2.96. The summed E-state index contributed by atoms with van der Waals surface area (Å²) in [6.45, 7) is 6.29. The van der Waals surface area contributed by atoms with Crippen LogP contribution in [0.5, 0.6) is 11.5 Å². The third-order valence-electron chi connectivity index (χ3n) is 4.27. The Morgan fingerprint density at radius 2 is 1.81 bits per heavy atom. The predicted molar refractivity (Wildman–Crippen MR) is 102 cm³/mol. The molecule has 0 amide bonds. The number of nitrogens with two attached hydrogens (primary N) is 2. The molecule has 0 aliphatic heterocycles. The second kappa shape index (κ2) is 6.40. The van der Waals surface area contributed by atoms with Crippen LogP contribution in [0.15, 0.2) is 22.7 Å². The summed E-state index contributed by atoms with van der Waals surface area (Å²) in [7, 11) is 3.20. The lowest BCUT2D eigenvalue weighted by Gasteiger charge is -2.14. The molecule has 7 heteroatoms. The lowest BCUT2D eigenvalue weighted by molar-refractivity contribution is 0.349. The maximum atomic E-state index is 6.14. The lowest BCUT2D eigenvalue weighted by atomic mass is 9.92. The summed E-state index contributed by atoms with van der Waals surface area (Å²) in [5, 5.41) is 0.948. The molecule has 0 radical (unpaired) electrons. The van der Waals surface area contributed by atoms with Gasteiger partial charge in [0.15, 0.2) is 11.3 Å². The monoisotopic (exact) mass is 356 g/mol. The van der Waals surface area contributed by atoms with E-state index >= 15 is 0 Å². The Bertz CT molecular complexity index is 958. The SMILES string of the molecule is COc1cc(Cc2cnc(N)nc2N)c2cc(C(C)(C)C)oc2c1OC. The molecule has 0 aliphatic rings. The summed E-state index contributed by atoms with van der Waals surface area (Å²) in [5.74, 6) is 2.55. The fourth-order valence-corrected chi connectivity index (χ4v) is 2.85. The smallest absolute Gasteiger partial charge is 0.221 e. The number of ether oxygens (including phenoxy) is 2. The second-order valence-corrected chi connectivity index (χ2v) is 7.19. The molecule has 2 aromatic heterocycles. The first-order valence-corrected chi connectivity index (χ1v) is 8.29. The number of nitrogen functional groups attached to an aromatic ring is 2. The summed E-state index contributed by atoms with van der Waals surface area (Å²) in [6.07, 6.45) is 2.16. The maximum absolute atomic E-state index is 6.14. The number of anilines is 2. The highest BCUT2D eigenvalue weighted by Crippen LogP contribution is 2.42. The van der Waals surface area contributed by atoms with Crippen molar-refractivity contribution >= 4 is 22.7 Å². The van der Waals surface area contributed by atoms with Crippen molar-refractivity contribution in [2.24, 2.45) is 0 Å². The molecule has 0 aliphatic carbocycles.